The van der Waals surface area contributed by atoms with Crippen molar-refractivity contribution in [2.24, 2.45) is 11.7 Å². The van der Waals surface area contributed by atoms with Gasteiger partial charge in [-0.15, -0.1) is 0 Å². The van der Waals surface area contributed by atoms with Gasteiger partial charge in [0.15, 0.2) is 0 Å². The lowest BCUT2D eigenvalue weighted by molar-refractivity contribution is -0.128. The Morgan fingerprint density at radius 3 is 2.77 bits per heavy atom. The Morgan fingerprint density at radius 2 is 2.14 bits per heavy atom. The number of amides is 1. The van der Waals surface area contributed by atoms with Crippen molar-refractivity contribution in [3.8, 4) is 11.5 Å². The highest BCUT2D eigenvalue weighted by atomic mass is 16.5. The van der Waals surface area contributed by atoms with E-state index in [-0.39, 0.29) is 11.8 Å². The van der Waals surface area contributed by atoms with Crippen LogP contribution in [0, 0.1) is 5.92 Å². The summed E-state index contributed by atoms with van der Waals surface area (Å²) in [6.45, 7) is 2.41. The minimum Gasteiger partial charge on any atom is -0.497 e. The summed E-state index contributed by atoms with van der Waals surface area (Å²) < 4.78 is 10.5. The number of hydrogen-bond acceptors (Lipinski definition) is 4. The molecule has 2 unspecified atom stereocenters. The van der Waals surface area contributed by atoms with Gasteiger partial charge in [0.05, 0.1) is 20.1 Å². The fourth-order valence-electron chi connectivity index (χ4n) is 3.09. The first-order valence-electron chi connectivity index (χ1n) is 7.75. The summed E-state index contributed by atoms with van der Waals surface area (Å²) in [4.78, 5) is 12.5. The smallest absolute Gasteiger partial charge is 0.225 e. The van der Waals surface area contributed by atoms with Crippen LogP contribution >= 0.6 is 0 Å². The molecule has 1 aromatic rings. The number of ether oxygens (including phenoxy) is 2. The van der Waals surface area contributed by atoms with Gasteiger partial charge in [-0.1, -0.05) is 12.8 Å². The molecule has 1 aliphatic carbocycles. The molecule has 1 aromatic carbocycles. The van der Waals surface area contributed by atoms with Crippen molar-refractivity contribution in [1.29, 1.82) is 0 Å². The van der Waals surface area contributed by atoms with Gasteiger partial charge in [-0.2, -0.15) is 0 Å². The Labute approximate surface area is 132 Å². The van der Waals surface area contributed by atoms with Gasteiger partial charge >= 0.3 is 0 Å². The fraction of sp³-hybridized carbons (Fsp3) is 0.588. The molecule has 0 bridgehead atoms. The average molecular weight is 306 g/mol. The molecular formula is C17H26N2O3. The highest BCUT2D eigenvalue weighted by molar-refractivity contribution is 5.80. The van der Waals surface area contributed by atoms with Crippen molar-refractivity contribution in [3.05, 3.63) is 23.8 Å². The second kappa shape index (κ2) is 7.01. The molecule has 5 nitrogen and oxygen atoms in total. The quantitative estimate of drug-likeness (QED) is 0.875. The number of hydrogen-bond donors (Lipinski definition) is 2. The third-order valence-corrected chi connectivity index (χ3v) is 4.52. The highest BCUT2D eigenvalue weighted by Crippen LogP contribution is 2.32. The third kappa shape index (κ3) is 3.71. The Balaban J connectivity index is 2.02. The van der Waals surface area contributed by atoms with Gasteiger partial charge in [0.1, 0.15) is 11.5 Å². The molecule has 2 rings (SSSR count). The van der Waals surface area contributed by atoms with Crippen LogP contribution in [0.3, 0.4) is 0 Å². The zero-order valence-corrected chi connectivity index (χ0v) is 13.6. The van der Waals surface area contributed by atoms with Crippen LogP contribution in [0.15, 0.2) is 18.2 Å². The molecule has 1 saturated carbocycles. The normalized spacial score (nSPS) is 24.6. The summed E-state index contributed by atoms with van der Waals surface area (Å²) in [5.74, 6) is 1.35. The monoisotopic (exact) mass is 306 g/mol. The van der Waals surface area contributed by atoms with Crippen LogP contribution in [0.4, 0.5) is 0 Å². The molecule has 0 heterocycles. The summed E-state index contributed by atoms with van der Waals surface area (Å²) in [5.41, 5.74) is 6.80. The minimum atomic E-state index is -0.410. The van der Waals surface area contributed by atoms with Gasteiger partial charge in [0.2, 0.25) is 5.91 Å². The van der Waals surface area contributed by atoms with E-state index in [0.29, 0.717) is 12.3 Å². The molecule has 0 aromatic heterocycles. The molecule has 1 amide bonds. The number of nitrogens with one attached hydrogen (secondary N) is 1. The molecular weight excluding hydrogens is 280 g/mol. The molecule has 0 radical (unpaired) electrons. The first-order valence-corrected chi connectivity index (χ1v) is 7.75. The van der Waals surface area contributed by atoms with Gasteiger partial charge < -0.3 is 20.5 Å². The zero-order valence-electron chi connectivity index (χ0n) is 13.6. The van der Waals surface area contributed by atoms with E-state index in [2.05, 4.69) is 5.32 Å². The molecule has 3 N–H and O–H groups in total. The molecule has 1 fully saturated rings. The second-order valence-electron chi connectivity index (χ2n) is 6.20. The number of nitrogens with two attached hydrogens (primary N) is 1. The molecule has 22 heavy (non-hydrogen) atoms. The molecule has 0 spiro atoms. The van der Waals surface area contributed by atoms with E-state index in [1.807, 2.05) is 25.1 Å². The molecule has 5 heteroatoms. The molecule has 0 aliphatic heterocycles. The van der Waals surface area contributed by atoms with Gasteiger partial charge in [-0.3, -0.25) is 4.79 Å². The summed E-state index contributed by atoms with van der Waals surface area (Å²) in [7, 11) is 3.22. The van der Waals surface area contributed by atoms with Gasteiger partial charge in [-0.25, -0.2) is 0 Å². The predicted octanol–water partition coefficient (Wildman–Crippen LogP) is 2.23. The van der Waals surface area contributed by atoms with Crippen LogP contribution in [0.2, 0.25) is 0 Å². The summed E-state index contributed by atoms with van der Waals surface area (Å²) in [5, 5.41) is 3.00. The SMILES string of the molecule is COc1ccc(CNC(=O)C2CCCCC2(C)N)c(OC)c1. The Morgan fingerprint density at radius 1 is 1.36 bits per heavy atom. The van der Waals surface area contributed by atoms with Crippen LogP contribution in [0.25, 0.3) is 0 Å². The van der Waals surface area contributed by atoms with E-state index >= 15 is 0 Å². The summed E-state index contributed by atoms with van der Waals surface area (Å²) in [6.07, 6.45) is 3.93. The maximum Gasteiger partial charge on any atom is 0.225 e. The standard InChI is InChI=1S/C17H26N2O3/c1-17(18)9-5-4-6-14(17)16(20)19-11-12-7-8-13(21-2)10-15(12)22-3/h7-8,10,14H,4-6,9,11,18H2,1-3H3,(H,19,20). The van der Waals surface area contributed by atoms with Crippen molar-refractivity contribution in [2.75, 3.05) is 14.2 Å². The Kier molecular flexibility index (Phi) is 5.29. The third-order valence-electron chi connectivity index (χ3n) is 4.52. The van der Waals surface area contributed by atoms with Crippen molar-refractivity contribution in [3.63, 3.8) is 0 Å². The van der Waals surface area contributed by atoms with Crippen LogP contribution < -0.4 is 20.5 Å². The molecule has 2 atom stereocenters. The second-order valence-corrected chi connectivity index (χ2v) is 6.20. The van der Waals surface area contributed by atoms with E-state index in [9.17, 15) is 4.79 Å². The van der Waals surface area contributed by atoms with Crippen molar-refractivity contribution in [1.82, 2.24) is 5.32 Å². The van der Waals surface area contributed by atoms with Gasteiger partial charge in [0.25, 0.3) is 0 Å². The predicted molar refractivity (Wildman–Crippen MR) is 85.9 cm³/mol. The topological polar surface area (TPSA) is 73.6 Å². The van der Waals surface area contributed by atoms with E-state index in [4.69, 9.17) is 15.2 Å². The molecule has 1 aliphatic rings. The minimum absolute atomic E-state index is 0.0302. The fourth-order valence-corrected chi connectivity index (χ4v) is 3.09. The largest absolute Gasteiger partial charge is 0.497 e. The van der Waals surface area contributed by atoms with Crippen LogP contribution in [-0.2, 0) is 11.3 Å². The van der Waals surface area contributed by atoms with Crippen molar-refractivity contribution in [2.45, 2.75) is 44.7 Å². The molecule has 122 valence electrons. The average Bonchev–Trinajstić information content (AvgIpc) is 2.52. The van der Waals surface area contributed by atoms with Crippen LogP contribution in [-0.4, -0.2) is 25.7 Å². The number of rotatable bonds is 5. The van der Waals surface area contributed by atoms with Crippen molar-refractivity contribution >= 4 is 5.91 Å². The van der Waals surface area contributed by atoms with Crippen molar-refractivity contribution < 1.29 is 14.3 Å². The zero-order chi connectivity index (χ0) is 16.2. The highest BCUT2D eigenvalue weighted by Gasteiger charge is 2.37. The Hall–Kier alpha value is -1.75. The lowest BCUT2D eigenvalue weighted by Gasteiger charge is -2.37. The first kappa shape index (κ1) is 16.6. The number of benzene rings is 1. The molecule has 0 saturated heterocycles. The summed E-state index contributed by atoms with van der Waals surface area (Å²) >= 11 is 0. The van der Waals surface area contributed by atoms with Gasteiger partial charge in [0, 0.05) is 23.7 Å². The van der Waals surface area contributed by atoms with E-state index in [1.54, 1.807) is 14.2 Å². The first-order chi connectivity index (χ1) is 10.5. The number of methoxy groups -OCH3 is 2. The van der Waals surface area contributed by atoms with Gasteiger partial charge in [-0.05, 0) is 31.9 Å². The number of carbonyl (C=O) groups excluding carboxylic acids is 1. The van der Waals surface area contributed by atoms with E-state index in [0.717, 1.165) is 37.0 Å². The number of carbonyl (C=O) groups is 1. The van der Waals surface area contributed by atoms with Crippen LogP contribution in [0.1, 0.15) is 38.2 Å². The lowest BCUT2D eigenvalue weighted by Crippen LogP contribution is -2.52. The van der Waals surface area contributed by atoms with Crippen LogP contribution in [0.5, 0.6) is 11.5 Å². The van der Waals surface area contributed by atoms with E-state index < -0.39 is 5.54 Å². The maximum absolute atomic E-state index is 12.5. The Bertz CT molecular complexity index is 529. The van der Waals surface area contributed by atoms with E-state index in [1.165, 1.54) is 0 Å². The summed E-state index contributed by atoms with van der Waals surface area (Å²) in [6, 6.07) is 5.58. The lowest BCUT2D eigenvalue weighted by atomic mass is 9.74. The maximum atomic E-state index is 12.5.